The summed E-state index contributed by atoms with van der Waals surface area (Å²) < 4.78 is 4.71. The van der Waals surface area contributed by atoms with Crippen molar-refractivity contribution in [1.82, 2.24) is 0 Å². The Morgan fingerprint density at radius 3 is 2.43 bits per heavy atom. The van der Waals surface area contributed by atoms with Gasteiger partial charge >= 0.3 is 0 Å². The summed E-state index contributed by atoms with van der Waals surface area (Å²) in [4.78, 5) is 0. The van der Waals surface area contributed by atoms with Gasteiger partial charge in [0.15, 0.2) is 6.29 Å². The number of rotatable bonds is 0. The lowest BCUT2D eigenvalue weighted by Gasteiger charge is -1.93. The van der Waals surface area contributed by atoms with Crippen molar-refractivity contribution in [3.05, 3.63) is 0 Å². The maximum absolute atomic E-state index is 8.51. The minimum absolute atomic E-state index is 0. The van der Waals surface area contributed by atoms with Crippen LogP contribution in [-0.2, 0) is 4.74 Å². The van der Waals surface area contributed by atoms with Crippen LogP contribution in [0.15, 0.2) is 0 Å². The zero-order valence-corrected chi connectivity index (χ0v) is 3.55. The molecule has 0 aromatic heterocycles. The molecule has 2 nitrogen and oxygen atoms in total. The molecule has 0 spiro atoms. The standard InChI is InChI=1S/C4H8O2.CH4/c5-4-2-1-3-6-4;/h4-5H,1-3H2;1H4. The molecule has 1 fully saturated rings. The summed E-state index contributed by atoms with van der Waals surface area (Å²) in [5.74, 6) is 0. The molecular formula is C5H12O2. The summed E-state index contributed by atoms with van der Waals surface area (Å²) in [5.41, 5.74) is 0. The first-order chi connectivity index (χ1) is 2.89. The van der Waals surface area contributed by atoms with E-state index in [-0.39, 0.29) is 7.43 Å². The molecule has 44 valence electrons. The second kappa shape index (κ2) is 2.99. The van der Waals surface area contributed by atoms with Crippen LogP contribution in [-0.4, -0.2) is 18.0 Å². The molecule has 0 amide bonds. The fourth-order valence-corrected chi connectivity index (χ4v) is 0.561. The summed E-state index contributed by atoms with van der Waals surface area (Å²) >= 11 is 0. The van der Waals surface area contributed by atoms with Crippen LogP contribution in [0.3, 0.4) is 0 Å². The Morgan fingerprint density at radius 2 is 2.29 bits per heavy atom. The van der Waals surface area contributed by atoms with Crippen LogP contribution < -0.4 is 0 Å². The molecule has 1 rings (SSSR count). The summed E-state index contributed by atoms with van der Waals surface area (Å²) in [6.07, 6.45) is 1.38. The molecule has 0 aliphatic carbocycles. The van der Waals surface area contributed by atoms with E-state index in [1.54, 1.807) is 0 Å². The smallest absolute Gasteiger partial charge is 0.154 e. The van der Waals surface area contributed by atoms with E-state index in [0.29, 0.717) is 0 Å². The first kappa shape index (κ1) is 6.92. The molecule has 1 heterocycles. The predicted molar refractivity (Wildman–Crippen MR) is 27.9 cm³/mol. The quantitative estimate of drug-likeness (QED) is 0.491. The zero-order chi connectivity index (χ0) is 4.41. The molecule has 1 N–H and O–H groups in total. The molecule has 1 aliphatic heterocycles. The molecule has 0 radical (unpaired) electrons. The Bertz CT molecular complexity index is 39.3. The van der Waals surface area contributed by atoms with Crippen LogP contribution in [0, 0.1) is 0 Å². The van der Waals surface area contributed by atoms with Crippen molar-refractivity contribution in [2.24, 2.45) is 0 Å². The van der Waals surface area contributed by atoms with Gasteiger partial charge in [0, 0.05) is 13.0 Å². The first-order valence-electron chi connectivity index (χ1n) is 2.19. The van der Waals surface area contributed by atoms with Gasteiger partial charge in [0.2, 0.25) is 0 Å². The van der Waals surface area contributed by atoms with Crippen molar-refractivity contribution < 1.29 is 9.84 Å². The summed E-state index contributed by atoms with van der Waals surface area (Å²) in [6, 6.07) is 0. The van der Waals surface area contributed by atoms with E-state index in [1.165, 1.54) is 0 Å². The van der Waals surface area contributed by atoms with Crippen molar-refractivity contribution in [2.75, 3.05) is 6.61 Å². The van der Waals surface area contributed by atoms with E-state index in [9.17, 15) is 0 Å². The molecule has 1 aliphatic rings. The Hall–Kier alpha value is -0.0800. The summed E-state index contributed by atoms with van der Waals surface area (Å²) in [7, 11) is 0. The van der Waals surface area contributed by atoms with E-state index >= 15 is 0 Å². The van der Waals surface area contributed by atoms with Crippen LogP contribution in [0.4, 0.5) is 0 Å². The maximum atomic E-state index is 8.51. The molecule has 1 unspecified atom stereocenters. The van der Waals surface area contributed by atoms with Crippen molar-refractivity contribution in [3.8, 4) is 0 Å². The lowest BCUT2D eigenvalue weighted by Crippen LogP contribution is -1.99. The van der Waals surface area contributed by atoms with Gasteiger partial charge in [-0.25, -0.2) is 0 Å². The highest BCUT2D eigenvalue weighted by molar-refractivity contribution is 4.49. The van der Waals surface area contributed by atoms with Crippen LogP contribution >= 0.6 is 0 Å². The van der Waals surface area contributed by atoms with Crippen LogP contribution in [0.1, 0.15) is 20.3 Å². The van der Waals surface area contributed by atoms with Gasteiger partial charge in [0.25, 0.3) is 0 Å². The van der Waals surface area contributed by atoms with Gasteiger partial charge in [-0.05, 0) is 6.42 Å². The van der Waals surface area contributed by atoms with Gasteiger partial charge < -0.3 is 9.84 Å². The number of hydrogen-bond acceptors (Lipinski definition) is 2. The van der Waals surface area contributed by atoms with Gasteiger partial charge in [-0.2, -0.15) is 0 Å². The highest BCUT2D eigenvalue weighted by atomic mass is 16.6. The number of hydrogen-bond donors (Lipinski definition) is 1. The largest absolute Gasteiger partial charge is 0.368 e. The van der Waals surface area contributed by atoms with Gasteiger partial charge in [-0.15, -0.1) is 0 Å². The molecule has 1 saturated heterocycles. The van der Waals surface area contributed by atoms with E-state index in [4.69, 9.17) is 9.84 Å². The van der Waals surface area contributed by atoms with Crippen molar-refractivity contribution in [3.63, 3.8) is 0 Å². The molecule has 2 heteroatoms. The Balaban J connectivity index is 0.000000360. The molecule has 0 aromatic carbocycles. The monoisotopic (exact) mass is 104 g/mol. The lowest BCUT2D eigenvalue weighted by atomic mass is 10.4. The van der Waals surface area contributed by atoms with Gasteiger partial charge in [-0.1, -0.05) is 7.43 Å². The van der Waals surface area contributed by atoms with E-state index in [1.807, 2.05) is 0 Å². The number of aliphatic hydroxyl groups is 1. The molecule has 0 aromatic rings. The van der Waals surface area contributed by atoms with E-state index < -0.39 is 6.29 Å². The van der Waals surface area contributed by atoms with Crippen LogP contribution in [0.5, 0.6) is 0 Å². The first-order valence-corrected chi connectivity index (χ1v) is 2.19. The minimum Gasteiger partial charge on any atom is -0.368 e. The van der Waals surface area contributed by atoms with Crippen LogP contribution in [0.25, 0.3) is 0 Å². The Morgan fingerprint density at radius 1 is 1.57 bits per heavy atom. The highest BCUT2D eigenvalue weighted by Gasteiger charge is 2.09. The summed E-state index contributed by atoms with van der Waals surface area (Å²) in [6.45, 7) is 0.737. The van der Waals surface area contributed by atoms with Gasteiger partial charge in [0.1, 0.15) is 0 Å². The fraction of sp³-hybridized carbons (Fsp3) is 1.00. The second-order valence-electron chi connectivity index (χ2n) is 1.47. The molecule has 7 heavy (non-hydrogen) atoms. The number of aliphatic hydroxyl groups excluding tert-OH is 1. The maximum Gasteiger partial charge on any atom is 0.154 e. The third-order valence-electron chi connectivity index (χ3n) is 0.906. The lowest BCUT2D eigenvalue weighted by molar-refractivity contribution is -0.0589. The highest BCUT2D eigenvalue weighted by Crippen LogP contribution is 2.06. The van der Waals surface area contributed by atoms with Gasteiger partial charge in [0.05, 0.1) is 0 Å². The van der Waals surface area contributed by atoms with Crippen molar-refractivity contribution in [2.45, 2.75) is 26.6 Å². The molecule has 1 atom stereocenters. The Kier molecular flexibility index (Phi) is 2.96. The van der Waals surface area contributed by atoms with Crippen molar-refractivity contribution >= 4 is 0 Å². The number of ether oxygens (including phenoxy) is 1. The topological polar surface area (TPSA) is 29.5 Å². The average molecular weight is 104 g/mol. The summed E-state index contributed by atoms with van der Waals surface area (Å²) in [5, 5.41) is 8.51. The van der Waals surface area contributed by atoms with Crippen molar-refractivity contribution in [1.29, 1.82) is 0 Å². The second-order valence-corrected chi connectivity index (χ2v) is 1.47. The van der Waals surface area contributed by atoms with E-state index in [0.717, 1.165) is 19.4 Å². The molecule has 0 bridgehead atoms. The normalized spacial score (nSPS) is 29.6. The minimum atomic E-state index is -0.454. The Labute approximate surface area is 44.1 Å². The van der Waals surface area contributed by atoms with Crippen LogP contribution in [0.2, 0.25) is 0 Å². The predicted octanol–water partition coefficient (Wildman–Crippen LogP) is 0.751. The van der Waals surface area contributed by atoms with Gasteiger partial charge in [-0.3, -0.25) is 0 Å². The molecular weight excluding hydrogens is 92.1 g/mol. The molecule has 0 saturated carbocycles. The van der Waals surface area contributed by atoms with E-state index in [2.05, 4.69) is 0 Å². The third kappa shape index (κ3) is 1.90. The third-order valence-corrected chi connectivity index (χ3v) is 0.906. The fourth-order valence-electron chi connectivity index (χ4n) is 0.561. The SMILES string of the molecule is C.OC1CCCO1. The zero-order valence-electron chi connectivity index (χ0n) is 3.55. The average Bonchev–Trinajstić information content (AvgIpc) is 1.86.